The molecule has 0 atom stereocenters. The van der Waals surface area contributed by atoms with Gasteiger partial charge in [-0.05, 0) is 54.7 Å². The minimum absolute atomic E-state index is 0.0473. The molecule has 0 radical (unpaired) electrons. The number of hydrogen-bond donors (Lipinski definition) is 3. The van der Waals surface area contributed by atoms with Crippen molar-refractivity contribution in [1.82, 2.24) is 9.97 Å². The van der Waals surface area contributed by atoms with Gasteiger partial charge in [0.15, 0.2) is 5.11 Å². The third-order valence-electron chi connectivity index (χ3n) is 3.63. The van der Waals surface area contributed by atoms with Gasteiger partial charge in [-0.25, -0.2) is 18.4 Å². The van der Waals surface area contributed by atoms with Crippen molar-refractivity contribution < 1.29 is 13.2 Å². The van der Waals surface area contributed by atoms with Crippen LogP contribution in [0.15, 0.2) is 59.8 Å². The predicted octanol–water partition coefficient (Wildman–Crippen LogP) is 4.40. The van der Waals surface area contributed by atoms with Gasteiger partial charge < -0.3 is 15.4 Å². The molecule has 156 valence electrons. The fraction of sp³-hybridized carbons (Fsp3) is 0.0556. The summed E-state index contributed by atoms with van der Waals surface area (Å²) >= 11 is 17.2. The smallest absolute Gasteiger partial charge is 0.263 e. The van der Waals surface area contributed by atoms with Gasteiger partial charge in [0.2, 0.25) is 5.88 Å². The van der Waals surface area contributed by atoms with E-state index in [1.165, 1.54) is 31.6 Å². The Labute approximate surface area is 188 Å². The number of methoxy groups -OCH3 is 1. The van der Waals surface area contributed by atoms with Crippen molar-refractivity contribution in [3.05, 3.63) is 64.9 Å². The van der Waals surface area contributed by atoms with E-state index < -0.39 is 10.0 Å². The Morgan fingerprint density at radius 2 is 1.60 bits per heavy atom. The Kier molecular flexibility index (Phi) is 6.93. The number of aromatic nitrogens is 2. The van der Waals surface area contributed by atoms with E-state index in [4.69, 9.17) is 40.2 Å². The summed E-state index contributed by atoms with van der Waals surface area (Å²) in [6, 6.07) is 12.3. The number of halogens is 2. The van der Waals surface area contributed by atoms with Gasteiger partial charge in [0, 0.05) is 27.5 Å². The molecule has 0 spiro atoms. The third-order valence-corrected chi connectivity index (χ3v) is 5.64. The number of ether oxygens (including phenoxy) is 1. The van der Waals surface area contributed by atoms with Crippen molar-refractivity contribution in [2.24, 2.45) is 0 Å². The number of hydrogen-bond acceptors (Lipinski definition) is 6. The van der Waals surface area contributed by atoms with Gasteiger partial charge in [0.1, 0.15) is 12.1 Å². The number of anilines is 3. The van der Waals surface area contributed by atoms with E-state index in [0.717, 1.165) is 0 Å². The summed E-state index contributed by atoms with van der Waals surface area (Å²) in [6.07, 6.45) is 1.20. The van der Waals surface area contributed by atoms with Crippen LogP contribution in [-0.4, -0.2) is 30.6 Å². The van der Waals surface area contributed by atoms with Crippen molar-refractivity contribution in [3.63, 3.8) is 0 Å². The Bertz CT molecular complexity index is 1150. The van der Waals surface area contributed by atoms with Gasteiger partial charge in [-0.15, -0.1) is 0 Å². The minimum atomic E-state index is -3.84. The highest BCUT2D eigenvalue weighted by molar-refractivity contribution is 7.92. The number of nitrogens with one attached hydrogen (secondary N) is 3. The van der Waals surface area contributed by atoms with Crippen LogP contribution in [-0.2, 0) is 10.0 Å². The first kappa shape index (κ1) is 22.0. The van der Waals surface area contributed by atoms with Crippen LogP contribution in [0.1, 0.15) is 0 Å². The Morgan fingerprint density at radius 3 is 2.23 bits per heavy atom. The first-order chi connectivity index (χ1) is 14.2. The zero-order valence-electron chi connectivity index (χ0n) is 15.4. The lowest BCUT2D eigenvalue weighted by Crippen LogP contribution is -2.19. The summed E-state index contributed by atoms with van der Waals surface area (Å²) < 4.78 is 32.4. The maximum Gasteiger partial charge on any atom is 0.263 e. The molecule has 1 aromatic heterocycles. The quantitative estimate of drug-likeness (QED) is 0.443. The summed E-state index contributed by atoms with van der Waals surface area (Å²) in [5, 5.41) is 7.13. The van der Waals surface area contributed by atoms with Crippen LogP contribution in [0.25, 0.3) is 0 Å². The Morgan fingerprint density at radius 1 is 0.967 bits per heavy atom. The van der Waals surface area contributed by atoms with E-state index in [0.29, 0.717) is 21.4 Å². The van der Waals surface area contributed by atoms with Gasteiger partial charge in [-0.2, -0.15) is 0 Å². The van der Waals surface area contributed by atoms with Crippen LogP contribution in [0, 0.1) is 0 Å². The van der Waals surface area contributed by atoms with E-state index in [2.05, 4.69) is 25.3 Å². The fourth-order valence-corrected chi connectivity index (χ4v) is 4.10. The highest BCUT2D eigenvalue weighted by atomic mass is 35.5. The van der Waals surface area contributed by atoms with Crippen LogP contribution in [0.2, 0.25) is 10.0 Å². The molecule has 0 aliphatic rings. The van der Waals surface area contributed by atoms with E-state index in [1.54, 1.807) is 30.3 Å². The normalized spacial score (nSPS) is 10.9. The molecule has 30 heavy (non-hydrogen) atoms. The molecule has 0 aliphatic carbocycles. The second-order valence-electron chi connectivity index (χ2n) is 5.81. The van der Waals surface area contributed by atoms with Crippen molar-refractivity contribution in [3.8, 4) is 5.88 Å². The first-order valence-electron chi connectivity index (χ1n) is 8.28. The zero-order valence-corrected chi connectivity index (χ0v) is 18.5. The highest BCUT2D eigenvalue weighted by Crippen LogP contribution is 2.23. The predicted molar refractivity (Wildman–Crippen MR) is 122 cm³/mol. The van der Waals surface area contributed by atoms with Crippen LogP contribution in [0.5, 0.6) is 5.88 Å². The maximum atomic E-state index is 12.5. The largest absolute Gasteiger partial charge is 0.481 e. The first-order valence-corrected chi connectivity index (χ1v) is 10.9. The van der Waals surface area contributed by atoms with Crippen molar-refractivity contribution in [1.29, 1.82) is 0 Å². The summed E-state index contributed by atoms with van der Waals surface area (Å²) in [5.41, 5.74) is 1.21. The van der Waals surface area contributed by atoms with Gasteiger partial charge in [-0.3, -0.25) is 4.72 Å². The average Bonchev–Trinajstić information content (AvgIpc) is 2.67. The molecule has 0 unspecified atom stereocenters. The second kappa shape index (κ2) is 9.43. The number of sulfonamides is 1. The SMILES string of the molecule is COc1cc(NS(=O)(=O)c2ccc(NC(=S)Nc3cc(Cl)cc(Cl)c3)cc2)ncn1. The molecule has 0 bridgehead atoms. The summed E-state index contributed by atoms with van der Waals surface area (Å²) in [7, 11) is -2.42. The molecular formula is C18H15Cl2N5O3S2. The minimum Gasteiger partial charge on any atom is -0.481 e. The van der Waals surface area contributed by atoms with Crippen molar-refractivity contribution in [2.45, 2.75) is 4.90 Å². The summed E-state index contributed by atoms with van der Waals surface area (Å²) in [6.45, 7) is 0. The number of benzene rings is 2. The zero-order chi connectivity index (χ0) is 21.7. The molecule has 0 saturated heterocycles. The van der Waals surface area contributed by atoms with Crippen LogP contribution in [0.3, 0.4) is 0 Å². The molecule has 3 rings (SSSR count). The van der Waals surface area contributed by atoms with Crippen LogP contribution >= 0.6 is 35.4 Å². The molecule has 3 aromatic rings. The van der Waals surface area contributed by atoms with Crippen molar-refractivity contribution >= 4 is 67.7 Å². The maximum absolute atomic E-state index is 12.5. The molecular weight excluding hydrogens is 469 g/mol. The lowest BCUT2D eigenvalue weighted by Gasteiger charge is -2.12. The fourth-order valence-electron chi connectivity index (χ4n) is 2.34. The molecule has 12 heteroatoms. The average molecular weight is 484 g/mol. The lowest BCUT2D eigenvalue weighted by atomic mass is 10.3. The van der Waals surface area contributed by atoms with E-state index in [-0.39, 0.29) is 21.7 Å². The molecule has 3 N–H and O–H groups in total. The highest BCUT2D eigenvalue weighted by Gasteiger charge is 2.15. The van der Waals surface area contributed by atoms with E-state index >= 15 is 0 Å². The van der Waals surface area contributed by atoms with E-state index in [1.807, 2.05) is 0 Å². The van der Waals surface area contributed by atoms with Gasteiger partial charge in [0.05, 0.1) is 12.0 Å². The molecule has 2 aromatic carbocycles. The molecule has 0 aliphatic heterocycles. The van der Waals surface area contributed by atoms with Crippen molar-refractivity contribution in [2.75, 3.05) is 22.5 Å². The van der Waals surface area contributed by atoms with Gasteiger partial charge >= 0.3 is 0 Å². The molecule has 0 saturated carbocycles. The lowest BCUT2D eigenvalue weighted by molar-refractivity contribution is 0.397. The number of rotatable bonds is 6. The molecule has 0 fully saturated rings. The molecule has 0 amide bonds. The Balaban J connectivity index is 1.66. The third kappa shape index (κ3) is 5.92. The Hall–Kier alpha value is -2.66. The number of nitrogens with zero attached hydrogens (tertiary/aromatic N) is 2. The topological polar surface area (TPSA) is 105 Å². The second-order valence-corrected chi connectivity index (χ2v) is 8.78. The van der Waals surface area contributed by atoms with Crippen LogP contribution < -0.4 is 20.1 Å². The van der Waals surface area contributed by atoms with E-state index in [9.17, 15) is 8.42 Å². The summed E-state index contributed by atoms with van der Waals surface area (Å²) in [4.78, 5) is 7.75. The standard InChI is InChI=1S/C18H15Cl2N5O3S2/c1-28-17-9-16(21-10-22-17)25-30(26,27)15-4-2-13(3-5-15)23-18(29)24-14-7-11(19)6-12(20)8-14/h2-10H,1H3,(H,21,22,25)(H2,23,24,29). The molecule has 1 heterocycles. The summed E-state index contributed by atoms with van der Waals surface area (Å²) in [5.74, 6) is 0.332. The van der Waals surface area contributed by atoms with Crippen LogP contribution in [0.4, 0.5) is 17.2 Å². The van der Waals surface area contributed by atoms with Gasteiger partial charge in [-0.1, -0.05) is 23.2 Å². The van der Waals surface area contributed by atoms with Gasteiger partial charge in [0.25, 0.3) is 10.0 Å². The monoisotopic (exact) mass is 483 g/mol. The molecule has 8 nitrogen and oxygen atoms in total. The number of thiocarbonyl (C=S) groups is 1.